The normalized spacial score (nSPS) is 18.7. The van der Waals surface area contributed by atoms with Gasteiger partial charge >= 0.3 is 11.9 Å². The number of fused-ring (bicyclic) bond motifs is 2. The number of amides is 1. The number of carboxylic acids is 2. The first kappa shape index (κ1) is 30.5. The lowest BCUT2D eigenvalue weighted by Crippen LogP contribution is -2.39. The molecule has 2 atom stereocenters. The average Bonchev–Trinajstić information content (AvgIpc) is 3.44. The van der Waals surface area contributed by atoms with Crippen molar-refractivity contribution in [3.05, 3.63) is 77.9 Å². The van der Waals surface area contributed by atoms with Gasteiger partial charge in [0.1, 0.15) is 12.3 Å². The number of anilines is 1. The predicted octanol–water partition coefficient (Wildman–Crippen LogP) is 6.84. The van der Waals surface area contributed by atoms with Gasteiger partial charge in [-0.2, -0.15) is 0 Å². The summed E-state index contributed by atoms with van der Waals surface area (Å²) in [6.07, 6.45) is 7.39. The lowest BCUT2D eigenvalue weighted by Gasteiger charge is -2.31. The van der Waals surface area contributed by atoms with E-state index in [0.717, 1.165) is 34.7 Å². The zero-order chi connectivity index (χ0) is 30.4. The van der Waals surface area contributed by atoms with Gasteiger partial charge in [0.15, 0.2) is 0 Å². The van der Waals surface area contributed by atoms with Crippen LogP contribution in [0.15, 0.2) is 66.7 Å². The SMILES string of the molecule is O=C(O)CN1C(=O)C(CCCC(=O)C2(C[C@@H](CCc3cccc4ccccc34)C(=O)O)CCCC2)CCc2ccccc21. The molecule has 226 valence electrons. The second-order valence-corrected chi connectivity index (χ2v) is 12.4. The van der Waals surface area contributed by atoms with E-state index < -0.39 is 23.3 Å². The molecule has 1 fully saturated rings. The molecule has 0 bridgehead atoms. The highest BCUT2D eigenvalue weighted by Crippen LogP contribution is 2.46. The van der Waals surface area contributed by atoms with E-state index in [0.29, 0.717) is 69.9 Å². The molecule has 3 aromatic carbocycles. The Morgan fingerprint density at radius 3 is 2.42 bits per heavy atom. The molecule has 7 heteroatoms. The number of rotatable bonds is 13. The molecule has 1 amide bonds. The lowest BCUT2D eigenvalue weighted by molar-refractivity contribution is -0.144. The van der Waals surface area contributed by atoms with Gasteiger partial charge in [-0.3, -0.25) is 19.2 Å². The highest BCUT2D eigenvalue weighted by Gasteiger charge is 2.43. The number of carboxylic acid groups (broad SMARTS) is 2. The zero-order valence-electron chi connectivity index (χ0n) is 24.7. The van der Waals surface area contributed by atoms with Gasteiger partial charge in [0, 0.05) is 23.4 Å². The van der Waals surface area contributed by atoms with E-state index in [4.69, 9.17) is 0 Å². The molecule has 7 nitrogen and oxygen atoms in total. The number of benzene rings is 3. The lowest BCUT2D eigenvalue weighted by atomic mass is 9.72. The van der Waals surface area contributed by atoms with Crippen LogP contribution in [0, 0.1) is 17.3 Å². The largest absolute Gasteiger partial charge is 0.481 e. The number of ketones is 1. The van der Waals surface area contributed by atoms with Crippen molar-refractivity contribution in [2.24, 2.45) is 17.3 Å². The van der Waals surface area contributed by atoms with Crippen LogP contribution in [-0.4, -0.2) is 40.4 Å². The van der Waals surface area contributed by atoms with Gasteiger partial charge in [0.2, 0.25) is 5.91 Å². The van der Waals surface area contributed by atoms with Crippen molar-refractivity contribution >= 4 is 40.1 Å². The molecule has 0 spiro atoms. The second kappa shape index (κ2) is 13.5. The molecule has 1 saturated carbocycles. The number of nitrogens with zero attached hydrogens (tertiary/aromatic N) is 1. The maximum absolute atomic E-state index is 13.8. The second-order valence-electron chi connectivity index (χ2n) is 12.4. The summed E-state index contributed by atoms with van der Waals surface area (Å²) in [6.45, 7) is -0.385. The summed E-state index contributed by atoms with van der Waals surface area (Å²) in [5, 5.41) is 21.9. The minimum absolute atomic E-state index is 0.119. The van der Waals surface area contributed by atoms with E-state index in [-0.39, 0.29) is 24.2 Å². The molecule has 1 aliphatic carbocycles. The third-order valence-electron chi connectivity index (χ3n) is 9.69. The summed E-state index contributed by atoms with van der Waals surface area (Å²) in [4.78, 5) is 52.6. The molecule has 1 heterocycles. The molecule has 5 rings (SSSR count). The van der Waals surface area contributed by atoms with Gasteiger partial charge in [-0.05, 0) is 85.8 Å². The van der Waals surface area contributed by atoms with Crippen molar-refractivity contribution in [3.8, 4) is 0 Å². The summed E-state index contributed by atoms with van der Waals surface area (Å²) in [5.41, 5.74) is 2.12. The van der Waals surface area contributed by atoms with E-state index in [9.17, 15) is 29.4 Å². The number of hydrogen-bond acceptors (Lipinski definition) is 4. The van der Waals surface area contributed by atoms with Crippen molar-refractivity contribution in [1.29, 1.82) is 0 Å². The topological polar surface area (TPSA) is 112 Å². The Balaban J connectivity index is 1.22. The van der Waals surface area contributed by atoms with Crippen molar-refractivity contribution in [2.45, 2.75) is 77.0 Å². The first-order valence-electron chi connectivity index (χ1n) is 15.6. The summed E-state index contributed by atoms with van der Waals surface area (Å²) in [5.74, 6) is -2.95. The molecule has 2 N–H and O–H groups in total. The van der Waals surface area contributed by atoms with Crippen molar-refractivity contribution in [3.63, 3.8) is 0 Å². The maximum Gasteiger partial charge on any atom is 0.323 e. The summed E-state index contributed by atoms with van der Waals surface area (Å²) >= 11 is 0. The van der Waals surface area contributed by atoms with E-state index in [1.807, 2.05) is 36.4 Å². The van der Waals surface area contributed by atoms with Gasteiger partial charge in [-0.25, -0.2) is 0 Å². The number of para-hydroxylation sites is 1. The highest BCUT2D eigenvalue weighted by molar-refractivity contribution is 6.00. The van der Waals surface area contributed by atoms with Gasteiger partial charge in [-0.1, -0.05) is 73.5 Å². The van der Waals surface area contributed by atoms with E-state index in [2.05, 4.69) is 24.3 Å². The molecular formula is C36H41NO6. The third-order valence-corrected chi connectivity index (χ3v) is 9.69. The number of aliphatic carboxylic acids is 2. The summed E-state index contributed by atoms with van der Waals surface area (Å²) in [6, 6.07) is 21.7. The fraction of sp³-hybridized carbons (Fsp3) is 0.444. The molecule has 2 aliphatic rings. The van der Waals surface area contributed by atoms with Crippen molar-refractivity contribution in [2.75, 3.05) is 11.4 Å². The van der Waals surface area contributed by atoms with Crippen LogP contribution >= 0.6 is 0 Å². The van der Waals surface area contributed by atoms with E-state index >= 15 is 0 Å². The van der Waals surface area contributed by atoms with Crippen LogP contribution in [0.2, 0.25) is 0 Å². The number of hydrogen-bond donors (Lipinski definition) is 2. The van der Waals surface area contributed by atoms with E-state index in [1.165, 1.54) is 4.90 Å². The Kier molecular flexibility index (Phi) is 9.59. The Labute approximate surface area is 252 Å². The summed E-state index contributed by atoms with van der Waals surface area (Å²) < 4.78 is 0. The van der Waals surface area contributed by atoms with Crippen LogP contribution in [-0.2, 0) is 32.0 Å². The zero-order valence-corrected chi connectivity index (χ0v) is 24.7. The quantitative estimate of drug-likeness (QED) is 0.228. The molecule has 3 aromatic rings. The van der Waals surface area contributed by atoms with Gasteiger partial charge in [0.25, 0.3) is 0 Å². The predicted molar refractivity (Wildman–Crippen MR) is 166 cm³/mol. The number of carbonyl (C=O) groups is 4. The first-order valence-corrected chi connectivity index (χ1v) is 15.6. The van der Waals surface area contributed by atoms with Crippen molar-refractivity contribution < 1.29 is 29.4 Å². The Hall–Kier alpha value is -4.00. The Morgan fingerprint density at radius 2 is 1.65 bits per heavy atom. The number of aryl methyl sites for hydroxylation is 2. The minimum atomic E-state index is -1.06. The van der Waals surface area contributed by atoms with Crippen LogP contribution in [0.1, 0.15) is 75.3 Å². The summed E-state index contributed by atoms with van der Waals surface area (Å²) in [7, 11) is 0. The molecule has 0 saturated heterocycles. The fourth-order valence-corrected chi connectivity index (χ4v) is 7.39. The molecule has 1 unspecified atom stereocenters. The third kappa shape index (κ3) is 6.98. The molecule has 1 aliphatic heterocycles. The van der Waals surface area contributed by atoms with Gasteiger partial charge in [0.05, 0.1) is 5.92 Å². The molecule has 0 radical (unpaired) electrons. The highest BCUT2D eigenvalue weighted by atomic mass is 16.4. The minimum Gasteiger partial charge on any atom is -0.481 e. The molecule has 43 heavy (non-hydrogen) atoms. The van der Waals surface area contributed by atoms with E-state index in [1.54, 1.807) is 6.07 Å². The van der Waals surface area contributed by atoms with Crippen molar-refractivity contribution in [1.82, 2.24) is 0 Å². The average molecular weight is 584 g/mol. The fourth-order valence-electron chi connectivity index (χ4n) is 7.39. The van der Waals surface area contributed by atoms with Gasteiger partial charge in [-0.15, -0.1) is 0 Å². The van der Waals surface area contributed by atoms with Crippen LogP contribution < -0.4 is 4.90 Å². The number of carbonyl (C=O) groups excluding carboxylic acids is 2. The smallest absolute Gasteiger partial charge is 0.323 e. The van der Waals surface area contributed by atoms with Crippen LogP contribution in [0.25, 0.3) is 10.8 Å². The molecular weight excluding hydrogens is 542 g/mol. The van der Waals surface area contributed by atoms with Gasteiger partial charge < -0.3 is 15.1 Å². The van der Waals surface area contributed by atoms with Crippen LogP contribution in [0.3, 0.4) is 0 Å². The first-order chi connectivity index (χ1) is 20.8. The standard InChI is InChI=1S/C36H41NO6/c38-32(16-8-13-28-19-18-27-10-2-4-15-31(27)37(34(28)41)24-33(39)40)36(21-5-6-22-36)23-29(35(42)43)20-17-26-12-7-11-25-9-1-3-14-30(25)26/h1-4,7,9-12,14-15,28-29H,5-6,8,13,16-24H2,(H,39,40)(H,42,43)/t28?,29-/m1/s1. The molecule has 0 aromatic heterocycles. The van der Waals surface area contributed by atoms with Crippen LogP contribution in [0.4, 0.5) is 5.69 Å². The Morgan fingerprint density at radius 1 is 0.930 bits per heavy atom. The monoisotopic (exact) mass is 583 g/mol. The maximum atomic E-state index is 13.8. The number of Topliss-reactive ketones (excluding diaryl/α,β-unsaturated/α-hetero) is 1. The van der Waals surface area contributed by atoms with Crippen LogP contribution in [0.5, 0.6) is 0 Å². The Bertz CT molecular complexity index is 1480.